The molecule has 2 fully saturated rings. The van der Waals surface area contributed by atoms with Gasteiger partial charge < -0.3 is 15.5 Å². The van der Waals surface area contributed by atoms with E-state index in [9.17, 15) is 14.0 Å². The van der Waals surface area contributed by atoms with Gasteiger partial charge in [-0.2, -0.15) is 0 Å². The summed E-state index contributed by atoms with van der Waals surface area (Å²) in [5.74, 6) is -0.798. The minimum atomic E-state index is -0.533. The first kappa shape index (κ1) is 18.0. The predicted molar refractivity (Wildman–Crippen MR) is 95.2 cm³/mol. The van der Waals surface area contributed by atoms with Gasteiger partial charge in [0.25, 0.3) is 0 Å². The number of nitrogens with zero attached hydrogens (tertiary/aromatic N) is 1. The van der Waals surface area contributed by atoms with Crippen molar-refractivity contribution >= 4 is 29.2 Å². The van der Waals surface area contributed by atoms with Crippen LogP contribution in [0.2, 0.25) is 5.02 Å². The summed E-state index contributed by atoms with van der Waals surface area (Å²) in [5, 5.41) is 5.75. The minimum Gasteiger partial charge on any atom is -0.335 e. The molecule has 1 heterocycles. The van der Waals surface area contributed by atoms with E-state index in [1.807, 2.05) is 0 Å². The van der Waals surface area contributed by atoms with Crippen LogP contribution in [0.1, 0.15) is 44.9 Å². The molecule has 1 unspecified atom stereocenters. The molecule has 0 bridgehead atoms. The molecule has 5 nitrogen and oxygen atoms in total. The Morgan fingerprint density at radius 2 is 1.88 bits per heavy atom. The second-order valence-corrected chi connectivity index (χ2v) is 7.16. The molecule has 1 aliphatic heterocycles. The van der Waals surface area contributed by atoms with Crippen molar-refractivity contribution in [3.8, 4) is 0 Å². The standard InChI is InChI=1S/C18H23ClFN3O2/c19-14-11-13(8-9-15(14)20)21-17(24)16-7-4-10-23(16)18(25)22-12-5-2-1-3-6-12/h8-9,11-12,16H,1-7,10H2,(H,21,24)(H,22,25). The molecular formula is C18H23ClFN3O2. The molecule has 25 heavy (non-hydrogen) atoms. The Morgan fingerprint density at radius 1 is 1.12 bits per heavy atom. The zero-order chi connectivity index (χ0) is 17.8. The summed E-state index contributed by atoms with van der Waals surface area (Å²) in [7, 11) is 0. The molecule has 0 radical (unpaired) electrons. The lowest BCUT2D eigenvalue weighted by atomic mass is 9.96. The SMILES string of the molecule is O=C(Nc1ccc(F)c(Cl)c1)C1CCCN1C(=O)NC1CCCCC1. The Balaban J connectivity index is 1.60. The summed E-state index contributed by atoms with van der Waals surface area (Å²) in [6, 6.07) is 3.58. The molecule has 1 aromatic rings. The summed E-state index contributed by atoms with van der Waals surface area (Å²) < 4.78 is 13.2. The second kappa shape index (κ2) is 8.04. The number of hydrogen-bond donors (Lipinski definition) is 2. The molecule has 136 valence electrons. The molecule has 2 N–H and O–H groups in total. The third kappa shape index (κ3) is 4.42. The lowest BCUT2D eigenvalue weighted by Gasteiger charge is -2.29. The van der Waals surface area contributed by atoms with Crippen molar-refractivity contribution in [2.24, 2.45) is 0 Å². The van der Waals surface area contributed by atoms with Crippen LogP contribution in [-0.2, 0) is 4.79 Å². The monoisotopic (exact) mass is 367 g/mol. The van der Waals surface area contributed by atoms with Crippen molar-refractivity contribution in [2.45, 2.75) is 57.0 Å². The Hall–Kier alpha value is -1.82. The highest BCUT2D eigenvalue weighted by Gasteiger charge is 2.35. The Kier molecular flexibility index (Phi) is 5.78. The number of rotatable bonds is 3. The summed E-state index contributed by atoms with van der Waals surface area (Å²) in [6.07, 6.45) is 6.93. The second-order valence-electron chi connectivity index (χ2n) is 6.75. The maximum absolute atomic E-state index is 13.2. The minimum absolute atomic E-state index is 0.0453. The van der Waals surface area contributed by atoms with E-state index in [1.54, 1.807) is 4.90 Å². The maximum Gasteiger partial charge on any atom is 0.318 e. The largest absolute Gasteiger partial charge is 0.335 e. The highest BCUT2D eigenvalue weighted by atomic mass is 35.5. The van der Waals surface area contributed by atoms with Crippen LogP contribution in [0.25, 0.3) is 0 Å². The number of urea groups is 1. The maximum atomic E-state index is 13.2. The number of anilines is 1. The van der Waals surface area contributed by atoms with E-state index >= 15 is 0 Å². The van der Waals surface area contributed by atoms with Gasteiger partial charge in [0.1, 0.15) is 11.9 Å². The van der Waals surface area contributed by atoms with Gasteiger partial charge in [0.2, 0.25) is 5.91 Å². The first-order chi connectivity index (χ1) is 12.0. The van der Waals surface area contributed by atoms with Crippen LogP contribution in [0.3, 0.4) is 0 Å². The fourth-order valence-electron chi connectivity index (χ4n) is 3.59. The number of amides is 3. The molecule has 1 saturated heterocycles. The Morgan fingerprint density at radius 3 is 2.60 bits per heavy atom. The van der Waals surface area contributed by atoms with E-state index in [1.165, 1.54) is 24.6 Å². The van der Waals surface area contributed by atoms with Crippen molar-refractivity contribution in [1.29, 1.82) is 0 Å². The lowest BCUT2D eigenvalue weighted by Crippen LogP contribution is -2.50. The van der Waals surface area contributed by atoms with Gasteiger partial charge in [-0.3, -0.25) is 4.79 Å². The number of likely N-dealkylation sites (tertiary alicyclic amines) is 1. The molecule has 1 atom stereocenters. The van der Waals surface area contributed by atoms with E-state index in [2.05, 4.69) is 10.6 Å². The quantitative estimate of drug-likeness (QED) is 0.850. The first-order valence-electron chi connectivity index (χ1n) is 8.87. The first-order valence-corrected chi connectivity index (χ1v) is 9.25. The highest BCUT2D eigenvalue weighted by Crippen LogP contribution is 2.23. The van der Waals surface area contributed by atoms with Gasteiger partial charge in [-0.05, 0) is 43.9 Å². The molecular weight excluding hydrogens is 345 g/mol. The van der Waals surface area contributed by atoms with Crippen molar-refractivity contribution in [3.63, 3.8) is 0 Å². The van der Waals surface area contributed by atoms with E-state index in [-0.39, 0.29) is 23.0 Å². The van der Waals surface area contributed by atoms with Gasteiger partial charge >= 0.3 is 6.03 Å². The zero-order valence-electron chi connectivity index (χ0n) is 14.1. The number of benzene rings is 1. The van der Waals surface area contributed by atoms with E-state index in [0.29, 0.717) is 18.7 Å². The van der Waals surface area contributed by atoms with Crippen molar-refractivity contribution in [3.05, 3.63) is 29.0 Å². The van der Waals surface area contributed by atoms with Crippen LogP contribution in [0.15, 0.2) is 18.2 Å². The van der Waals surface area contributed by atoms with Crippen LogP contribution in [0.4, 0.5) is 14.9 Å². The summed E-state index contributed by atoms with van der Waals surface area (Å²) in [4.78, 5) is 26.7. The summed E-state index contributed by atoms with van der Waals surface area (Å²) in [5.41, 5.74) is 0.427. The number of nitrogens with one attached hydrogen (secondary N) is 2. The van der Waals surface area contributed by atoms with Gasteiger partial charge in [-0.15, -0.1) is 0 Å². The molecule has 2 aliphatic rings. The average Bonchev–Trinajstić information content (AvgIpc) is 3.09. The van der Waals surface area contributed by atoms with Gasteiger partial charge in [0.15, 0.2) is 0 Å². The smallest absolute Gasteiger partial charge is 0.318 e. The average molecular weight is 368 g/mol. The van der Waals surface area contributed by atoms with Gasteiger partial charge in [-0.1, -0.05) is 30.9 Å². The van der Waals surface area contributed by atoms with E-state index in [0.717, 1.165) is 32.1 Å². The van der Waals surface area contributed by atoms with Gasteiger partial charge in [0.05, 0.1) is 5.02 Å². The molecule has 7 heteroatoms. The van der Waals surface area contributed by atoms with Crippen LogP contribution >= 0.6 is 11.6 Å². The van der Waals surface area contributed by atoms with Crippen molar-refractivity contribution in [1.82, 2.24) is 10.2 Å². The van der Waals surface area contributed by atoms with E-state index < -0.39 is 11.9 Å². The number of carbonyl (C=O) groups excluding carboxylic acids is 2. The summed E-state index contributed by atoms with van der Waals surface area (Å²) in [6.45, 7) is 0.570. The molecule has 3 rings (SSSR count). The Bertz CT molecular complexity index is 649. The van der Waals surface area contributed by atoms with Crippen LogP contribution in [-0.4, -0.2) is 35.5 Å². The fraction of sp³-hybridized carbons (Fsp3) is 0.556. The summed E-state index contributed by atoms with van der Waals surface area (Å²) >= 11 is 5.74. The number of halogens is 2. The fourth-order valence-corrected chi connectivity index (χ4v) is 3.77. The number of hydrogen-bond acceptors (Lipinski definition) is 2. The molecule has 1 aromatic carbocycles. The lowest BCUT2D eigenvalue weighted by molar-refractivity contribution is -0.119. The molecule has 0 spiro atoms. The third-order valence-electron chi connectivity index (χ3n) is 4.94. The molecule has 1 saturated carbocycles. The third-order valence-corrected chi connectivity index (χ3v) is 5.23. The van der Waals surface area contributed by atoms with Gasteiger partial charge in [0, 0.05) is 18.3 Å². The molecule has 3 amide bonds. The highest BCUT2D eigenvalue weighted by molar-refractivity contribution is 6.31. The van der Waals surface area contributed by atoms with Crippen LogP contribution in [0.5, 0.6) is 0 Å². The number of carbonyl (C=O) groups is 2. The molecule has 1 aliphatic carbocycles. The Labute approximate surface area is 151 Å². The van der Waals surface area contributed by atoms with E-state index in [4.69, 9.17) is 11.6 Å². The topological polar surface area (TPSA) is 61.4 Å². The van der Waals surface area contributed by atoms with Gasteiger partial charge in [-0.25, -0.2) is 9.18 Å². The van der Waals surface area contributed by atoms with Crippen molar-refractivity contribution < 1.29 is 14.0 Å². The molecule has 0 aromatic heterocycles. The van der Waals surface area contributed by atoms with Crippen LogP contribution in [0, 0.1) is 5.82 Å². The van der Waals surface area contributed by atoms with Crippen LogP contribution < -0.4 is 10.6 Å². The normalized spacial score (nSPS) is 21.2. The predicted octanol–water partition coefficient (Wildman–Crippen LogP) is 3.92. The zero-order valence-corrected chi connectivity index (χ0v) is 14.8. The van der Waals surface area contributed by atoms with Crippen molar-refractivity contribution in [2.75, 3.05) is 11.9 Å².